The molecule has 0 aliphatic rings. The molecule has 6 atom stereocenters. The first-order chi connectivity index (χ1) is 41.0. The summed E-state index contributed by atoms with van der Waals surface area (Å²) in [5.74, 6) is -3.26. The number of thiazole rings is 6. The van der Waals surface area contributed by atoms with Crippen molar-refractivity contribution in [3.8, 4) is 0 Å². The van der Waals surface area contributed by atoms with Crippen LogP contribution in [0.5, 0.6) is 0 Å². The van der Waals surface area contributed by atoms with Gasteiger partial charge in [-0.1, -0.05) is 0 Å². The number of aryl methyl sites for hydroxylation is 6. The lowest BCUT2D eigenvalue weighted by Crippen LogP contribution is -2.34. The second-order valence-corrected chi connectivity index (χ2v) is 27.9. The molecule has 0 radical (unpaired) electrons. The van der Waals surface area contributed by atoms with E-state index in [1.165, 1.54) is 52.3 Å². The topological polar surface area (TPSA) is 399 Å². The molecule has 16 N–H and O–H groups in total. The molecule has 6 aromatic rings. The van der Waals surface area contributed by atoms with Gasteiger partial charge in [-0.15, -0.1) is 68.0 Å². The number of rotatable bonds is 34. The molecule has 24 nitrogen and oxygen atoms in total. The Balaban J connectivity index is 1.23. The van der Waals surface area contributed by atoms with Crippen LogP contribution in [0.3, 0.4) is 0 Å². The molecule has 86 heavy (non-hydrogen) atoms. The van der Waals surface area contributed by atoms with E-state index in [-0.39, 0.29) is 30.3 Å². The Bertz CT molecular complexity index is 3330. The Hall–Kier alpha value is -6.09. The van der Waals surface area contributed by atoms with Gasteiger partial charge in [-0.25, -0.2) is 29.9 Å². The molecule has 0 saturated heterocycles. The van der Waals surface area contributed by atoms with Crippen molar-refractivity contribution in [1.82, 2.24) is 61.8 Å². The van der Waals surface area contributed by atoms with E-state index in [9.17, 15) is 33.6 Å². The van der Waals surface area contributed by atoms with Crippen molar-refractivity contribution >= 4 is 109 Å². The quantitative estimate of drug-likeness (QED) is 0.0178. The summed E-state index contributed by atoms with van der Waals surface area (Å²) in [6.45, 7) is 17.3. The van der Waals surface area contributed by atoms with Gasteiger partial charge in [-0.2, -0.15) is 0 Å². The molecule has 0 bridgehead atoms. The van der Waals surface area contributed by atoms with Crippen LogP contribution in [0.1, 0.15) is 257 Å². The van der Waals surface area contributed by atoms with E-state index in [4.69, 9.17) is 48.6 Å². The molecule has 6 rings (SSSR count). The van der Waals surface area contributed by atoms with E-state index in [0.717, 1.165) is 54.8 Å². The van der Waals surface area contributed by atoms with Gasteiger partial charge in [-0.3, -0.25) is 33.6 Å². The zero-order valence-electron chi connectivity index (χ0n) is 50.2. The zero-order valence-corrected chi connectivity index (χ0v) is 55.1. The number of unbranched alkanes of at least 4 members (excludes halogenated alkanes) is 4. The number of amides is 7. The maximum atomic E-state index is 14.7. The van der Waals surface area contributed by atoms with E-state index in [0.29, 0.717) is 140 Å². The third-order valence-electron chi connectivity index (χ3n) is 13.6. The summed E-state index contributed by atoms with van der Waals surface area (Å²) in [5.41, 5.74) is 31.2. The fraction of sp³-hybridized carbons (Fsp3) is 0.554. The van der Waals surface area contributed by atoms with Crippen molar-refractivity contribution in [1.29, 1.82) is 0 Å². The maximum Gasteiger partial charge on any atom is 0.263 e. The summed E-state index contributed by atoms with van der Waals surface area (Å²) < 4.78 is 0. The summed E-state index contributed by atoms with van der Waals surface area (Å²) in [7, 11) is 0. The normalized spacial score (nSPS) is 13.5. The number of nitrogens with zero attached hydrogens (tertiary/aromatic N) is 6. The SMILES string of the molecule is CC(=O)N[C@@H](CCCCN)c1nc(C)sc1C(=O)N[C@@H](C)c1nc(CCCCN)sc1C(=O)N[C@@H](C)c1nc(C)sc1C(=O)N[C@@H](CCCCN)c1nc(C)sc1C(=O)N[C@@H](C)c1nc(CCCCN)sc1C(=O)N[C@@H](C)c1nc(C)sc1C(N)=O. The molecule has 6 aromatic heterocycles. The Kier molecular flexibility index (Phi) is 26.3. The van der Waals surface area contributed by atoms with E-state index >= 15 is 0 Å². The summed E-state index contributed by atoms with van der Waals surface area (Å²) >= 11 is 7.12. The summed E-state index contributed by atoms with van der Waals surface area (Å²) in [4.78, 5) is 127. The van der Waals surface area contributed by atoms with Gasteiger partial charge < -0.3 is 60.6 Å². The van der Waals surface area contributed by atoms with Crippen molar-refractivity contribution in [3.63, 3.8) is 0 Å². The molecule has 0 aliphatic heterocycles. The van der Waals surface area contributed by atoms with Gasteiger partial charge in [0.1, 0.15) is 29.3 Å². The number of primary amides is 1. The Morgan fingerprint density at radius 1 is 0.372 bits per heavy atom. The van der Waals surface area contributed by atoms with Crippen molar-refractivity contribution in [2.45, 2.75) is 176 Å². The smallest absolute Gasteiger partial charge is 0.263 e. The van der Waals surface area contributed by atoms with E-state index < -0.39 is 71.7 Å². The standard InChI is InChI=1S/C56H81N17O7S6/c1-26(39-45(51(61)75)81-31(6)67-39)62-52(76)47-41(72-37(85-47)20-12-16-24-59)29(4)65-55(79)50-44(70-34(9)84-50)36(19-11-15-23-58)71-56(80)46-40(68-32(7)82-46)27(2)63-53(77)48-42(73-38(86-48)21-13-17-25-60)28(3)64-54(78)49-43(69-33(8)83-49)35(66-30(5)74)18-10-14-22-57/h26-29,35-36H,10-25,57-60H2,1-9H3,(H2,61,75)(H,62,76)(H,63,77)(H,64,78)(H,65,79)(H,66,74)(H,71,80)/t26-,27-,28-,29-,35-,36-/m0/s1. The third kappa shape index (κ3) is 18.5. The average molecular weight is 1300 g/mol. The lowest BCUT2D eigenvalue weighted by atomic mass is 10.0. The number of hydrogen-bond acceptors (Lipinski definition) is 23. The minimum atomic E-state index is -0.798. The second kappa shape index (κ2) is 32.8. The molecule has 468 valence electrons. The van der Waals surface area contributed by atoms with E-state index in [2.05, 4.69) is 41.9 Å². The molecule has 0 unspecified atom stereocenters. The summed E-state index contributed by atoms with van der Waals surface area (Å²) in [5, 5.41) is 22.0. The highest BCUT2D eigenvalue weighted by atomic mass is 32.1. The van der Waals surface area contributed by atoms with Crippen LogP contribution in [0.2, 0.25) is 0 Å². The predicted octanol–water partition coefficient (Wildman–Crippen LogP) is 7.19. The van der Waals surface area contributed by atoms with Gasteiger partial charge in [0.05, 0.1) is 100 Å². The fourth-order valence-electron chi connectivity index (χ4n) is 9.55. The first-order valence-electron chi connectivity index (χ1n) is 28.8. The molecule has 0 spiro atoms. The lowest BCUT2D eigenvalue weighted by molar-refractivity contribution is -0.119. The number of nitrogens with one attached hydrogen (secondary N) is 6. The highest BCUT2D eigenvalue weighted by Crippen LogP contribution is 2.35. The van der Waals surface area contributed by atoms with Crippen LogP contribution in [-0.2, 0) is 17.6 Å². The molecule has 30 heteroatoms. The van der Waals surface area contributed by atoms with Crippen LogP contribution in [0.4, 0.5) is 0 Å². The molecular weight excluding hydrogens is 1220 g/mol. The van der Waals surface area contributed by atoms with E-state index in [1.54, 1.807) is 55.4 Å². The fourth-order valence-corrected chi connectivity index (χ4v) is 15.3. The Labute approximate surface area is 525 Å². The van der Waals surface area contributed by atoms with Crippen molar-refractivity contribution in [2.24, 2.45) is 28.7 Å². The molecule has 7 amide bonds. The average Bonchev–Trinajstić information content (AvgIpc) is 3.08. The van der Waals surface area contributed by atoms with Crippen molar-refractivity contribution < 1.29 is 33.6 Å². The van der Waals surface area contributed by atoms with Gasteiger partial charge in [0.2, 0.25) is 5.91 Å². The van der Waals surface area contributed by atoms with Crippen LogP contribution < -0.4 is 60.6 Å². The number of nitrogens with two attached hydrogens (primary N) is 5. The minimum Gasteiger partial charge on any atom is -0.365 e. The highest BCUT2D eigenvalue weighted by molar-refractivity contribution is 7.15. The second-order valence-electron chi connectivity index (χ2n) is 20.9. The van der Waals surface area contributed by atoms with Crippen molar-refractivity contribution in [3.05, 3.63) is 93.5 Å². The van der Waals surface area contributed by atoms with Crippen LogP contribution in [0.15, 0.2) is 0 Å². The van der Waals surface area contributed by atoms with Gasteiger partial charge in [0.25, 0.3) is 35.4 Å². The van der Waals surface area contributed by atoms with Crippen LogP contribution in [-0.4, -0.2) is 97.4 Å². The molecule has 0 aliphatic carbocycles. The lowest BCUT2D eigenvalue weighted by Gasteiger charge is -2.20. The number of aromatic nitrogens is 6. The number of carbonyl (C=O) groups is 7. The Morgan fingerprint density at radius 2 is 0.651 bits per heavy atom. The maximum absolute atomic E-state index is 14.7. The third-order valence-corrected chi connectivity index (χ3v) is 19.9. The highest BCUT2D eigenvalue weighted by Gasteiger charge is 2.34. The van der Waals surface area contributed by atoms with Gasteiger partial charge >= 0.3 is 0 Å². The molecule has 0 saturated carbocycles. The van der Waals surface area contributed by atoms with Crippen LogP contribution in [0, 0.1) is 27.7 Å². The monoisotopic (exact) mass is 1300 g/mol. The zero-order chi connectivity index (χ0) is 62.9. The first-order valence-corrected chi connectivity index (χ1v) is 33.7. The van der Waals surface area contributed by atoms with Gasteiger partial charge in [-0.05, 0) is 159 Å². The van der Waals surface area contributed by atoms with Crippen LogP contribution in [0.25, 0.3) is 0 Å². The number of carbonyl (C=O) groups excluding carboxylic acids is 7. The minimum absolute atomic E-state index is 0.247. The molecule has 0 fully saturated rings. The molecule has 0 aromatic carbocycles. The number of hydrogen-bond donors (Lipinski definition) is 11. The molecular formula is C56H81N17O7S6. The largest absolute Gasteiger partial charge is 0.365 e. The predicted molar refractivity (Wildman–Crippen MR) is 340 cm³/mol. The van der Waals surface area contributed by atoms with Crippen molar-refractivity contribution in [2.75, 3.05) is 26.2 Å². The van der Waals surface area contributed by atoms with Gasteiger partial charge in [0.15, 0.2) is 0 Å². The summed E-state index contributed by atoms with van der Waals surface area (Å²) in [6, 6.07) is -4.28. The van der Waals surface area contributed by atoms with E-state index in [1.807, 2.05) is 0 Å². The first kappa shape index (κ1) is 69.0. The summed E-state index contributed by atoms with van der Waals surface area (Å²) in [6.07, 6.45) is 7.68. The Morgan fingerprint density at radius 3 is 1.00 bits per heavy atom. The molecule has 6 heterocycles. The van der Waals surface area contributed by atoms with Gasteiger partial charge in [0, 0.05) is 6.92 Å². The van der Waals surface area contributed by atoms with Crippen LogP contribution >= 0.6 is 68.0 Å².